The summed E-state index contributed by atoms with van der Waals surface area (Å²) in [4.78, 5) is 6.66. The minimum absolute atomic E-state index is 0.336. The van der Waals surface area contributed by atoms with Crippen LogP contribution in [0.5, 0.6) is 0 Å². The second kappa shape index (κ2) is 5.05. The van der Waals surface area contributed by atoms with Crippen LogP contribution in [0.25, 0.3) is 0 Å². The average Bonchev–Trinajstić information content (AvgIpc) is 2.39. The van der Waals surface area contributed by atoms with E-state index in [0.717, 1.165) is 18.8 Å². The summed E-state index contributed by atoms with van der Waals surface area (Å²) in [5.41, 5.74) is 6.49. The minimum Gasteiger partial charge on any atom is -0.396 e. The summed E-state index contributed by atoms with van der Waals surface area (Å²) in [5.74, 6) is 0.891. The summed E-state index contributed by atoms with van der Waals surface area (Å²) in [6, 6.07) is 6.29. The smallest absolute Gasteiger partial charge is 0.165 e. The third-order valence-corrected chi connectivity index (χ3v) is 3.41. The van der Waals surface area contributed by atoms with Gasteiger partial charge in [-0.25, -0.2) is 4.98 Å². The lowest BCUT2D eigenvalue weighted by atomic mass is 10.00. The van der Waals surface area contributed by atoms with Crippen LogP contribution in [0.15, 0.2) is 12.1 Å². The highest BCUT2D eigenvalue weighted by atomic mass is 15.2. The van der Waals surface area contributed by atoms with Gasteiger partial charge in [-0.05, 0) is 37.8 Å². The molecule has 4 nitrogen and oxygen atoms in total. The number of hydrogen-bond acceptors (Lipinski definition) is 4. The van der Waals surface area contributed by atoms with Crippen LogP contribution in [0, 0.1) is 11.3 Å². The number of nitrogens with two attached hydrogens (primary N) is 1. The molecular formula is C13H18N4. The van der Waals surface area contributed by atoms with Gasteiger partial charge in [0.1, 0.15) is 11.9 Å². The second-order valence-electron chi connectivity index (χ2n) is 4.47. The van der Waals surface area contributed by atoms with Crippen LogP contribution in [-0.2, 0) is 0 Å². The van der Waals surface area contributed by atoms with Gasteiger partial charge in [-0.3, -0.25) is 0 Å². The fourth-order valence-electron chi connectivity index (χ4n) is 2.44. The third kappa shape index (κ3) is 2.33. The van der Waals surface area contributed by atoms with Crippen molar-refractivity contribution in [3.05, 3.63) is 17.8 Å². The van der Waals surface area contributed by atoms with Crippen molar-refractivity contribution in [2.45, 2.75) is 38.6 Å². The molecule has 90 valence electrons. The molecule has 0 radical (unpaired) electrons. The van der Waals surface area contributed by atoms with Crippen molar-refractivity contribution < 1.29 is 0 Å². The molecule has 2 N–H and O–H groups in total. The molecule has 0 saturated carbocycles. The number of anilines is 2. The Bertz CT molecular complexity index is 436. The van der Waals surface area contributed by atoms with Gasteiger partial charge in [-0.15, -0.1) is 0 Å². The van der Waals surface area contributed by atoms with Gasteiger partial charge in [0, 0.05) is 12.6 Å². The van der Waals surface area contributed by atoms with Crippen LogP contribution >= 0.6 is 0 Å². The molecule has 0 spiro atoms. The van der Waals surface area contributed by atoms with Gasteiger partial charge in [0.2, 0.25) is 0 Å². The summed E-state index contributed by atoms with van der Waals surface area (Å²) >= 11 is 0. The SMILES string of the molecule is CCC1CCCCN1c1ccc(N)c(C#N)n1. The molecule has 1 fully saturated rings. The van der Waals surface area contributed by atoms with Crippen molar-refractivity contribution in [2.75, 3.05) is 17.2 Å². The van der Waals surface area contributed by atoms with Crippen molar-refractivity contribution in [1.82, 2.24) is 4.98 Å². The number of nitrogens with zero attached hydrogens (tertiary/aromatic N) is 3. The Labute approximate surface area is 102 Å². The zero-order valence-corrected chi connectivity index (χ0v) is 10.2. The first kappa shape index (κ1) is 11.7. The summed E-state index contributed by atoms with van der Waals surface area (Å²) in [6.07, 6.45) is 4.82. The highest BCUT2D eigenvalue weighted by molar-refractivity contribution is 5.55. The Morgan fingerprint density at radius 3 is 3.06 bits per heavy atom. The normalized spacial score (nSPS) is 20.0. The molecule has 0 aromatic carbocycles. The lowest BCUT2D eigenvalue weighted by Gasteiger charge is -2.36. The van der Waals surface area contributed by atoms with Gasteiger partial charge in [0.25, 0.3) is 0 Å². The molecule has 1 atom stereocenters. The van der Waals surface area contributed by atoms with Gasteiger partial charge in [0.15, 0.2) is 5.69 Å². The summed E-state index contributed by atoms with van der Waals surface area (Å²) in [6.45, 7) is 3.23. The van der Waals surface area contributed by atoms with E-state index in [0.29, 0.717) is 17.4 Å². The maximum absolute atomic E-state index is 8.95. The van der Waals surface area contributed by atoms with Crippen LogP contribution in [0.3, 0.4) is 0 Å². The highest BCUT2D eigenvalue weighted by Gasteiger charge is 2.22. The predicted octanol–water partition coefficient (Wildman–Crippen LogP) is 2.30. The second-order valence-corrected chi connectivity index (χ2v) is 4.47. The standard InChI is InChI=1S/C13H18N4/c1-2-10-5-3-4-8-17(10)13-7-6-11(15)12(9-14)16-13/h6-7,10H,2-5,8,15H2,1H3. The first-order valence-corrected chi connectivity index (χ1v) is 6.19. The zero-order chi connectivity index (χ0) is 12.3. The molecule has 17 heavy (non-hydrogen) atoms. The van der Waals surface area contributed by atoms with Crippen LogP contribution in [-0.4, -0.2) is 17.6 Å². The number of hydrogen-bond donors (Lipinski definition) is 1. The summed E-state index contributed by atoms with van der Waals surface area (Å²) in [5, 5.41) is 8.95. The van der Waals surface area contributed by atoms with E-state index in [4.69, 9.17) is 11.0 Å². The quantitative estimate of drug-likeness (QED) is 0.846. The molecule has 1 unspecified atom stereocenters. The van der Waals surface area contributed by atoms with Crippen molar-refractivity contribution in [3.8, 4) is 6.07 Å². The Hall–Kier alpha value is -1.76. The number of nitriles is 1. The molecule has 0 aliphatic carbocycles. The molecule has 4 heteroatoms. The number of rotatable bonds is 2. The number of piperidine rings is 1. The first-order valence-electron chi connectivity index (χ1n) is 6.19. The van der Waals surface area contributed by atoms with Gasteiger partial charge in [-0.2, -0.15) is 5.26 Å². The Balaban J connectivity index is 2.29. The van der Waals surface area contributed by atoms with Gasteiger partial charge >= 0.3 is 0 Å². The van der Waals surface area contributed by atoms with E-state index >= 15 is 0 Å². The lowest BCUT2D eigenvalue weighted by molar-refractivity contribution is 0.447. The largest absolute Gasteiger partial charge is 0.396 e. The molecule has 1 aromatic heterocycles. The van der Waals surface area contributed by atoms with Gasteiger partial charge in [0.05, 0.1) is 5.69 Å². The highest BCUT2D eigenvalue weighted by Crippen LogP contribution is 2.26. The topological polar surface area (TPSA) is 65.9 Å². The Kier molecular flexibility index (Phi) is 3.48. The Morgan fingerprint density at radius 1 is 1.53 bits per heavy atom. The predicted molar refractivity (Wildman–Crippen MR) is 68.6 cm³/mol. The average molecular weight is 230 g/mol. The van der Waals surface area contributed by atoms with Crippen LogP contribution < -0.4 is 10.6 Å². The van der Waals surface area contributed by atoms with E-state index in [1.165, 1.54) is 19.3 Å². The van der Waals surface area contributed by atoms with Crippen molar-refractivity contribution in [1.29, 1.82) is 5.26 Å². The van der Waals surface area contributed by atoms with E-state index in [-0.39, 0.29) is 0 Å². The number of pyridine rings is 1. The number of nitrogen functional groups attached to an aromatic ring is 1. The molecule has 0 amide bonds. The molecule has 2 heterocycles. The minimum atomic E-state index is 0.336. The molecular weight excluding hydrogens is 212 g/mol. The van der Waals surface area contributed by atoms with Gasteiger partial charge in [-0.1, -0.05) is 6.92 Å². The fraction of sp³-hybridized carbons (Fsp3) is 0.538. The molecule has 1 saturated heterocycles. The Morgan fingerprint density at radius 2 is 2.35 bits per heavy atom. The van der Waals surface area contributed by atoms with Crippen molar-refractivity contribution >= 4 is 11.5 Å². The van der Waals surface area contributed by atoms with E-state index < -0.39 is 0 Å². The van der Waals surface area contributed by atoms with E-state index in [1.807, 2.05) is 12.1 Å². The summed E-state index contributed by atoms with van der Waals surface area (Å²) < 4.78 is 0. The molecule has 1 aliphatic heterocycles. The zero-order valence-electron chi connectivity index (χ0n) is 10.2. The maximum Gasteiger partial charge on any atom is 0.165 e. The monoisotopic (exact) mass is 230 g/mol. The van der Waals surface area contributed by atoms with Crippen LogP contribution in [0.4, 0.5) is 11.5 Å². The van der Waals surface area contributed by atoms with E-state index in [1.54, 1.807) is 6.07 Å². The van der Waals surface area contributed by atoms with Crippen molar-refractivity contribution in [3.63, 3.8) is 0 Å². The molecule has 2 rings (SSSR count). The number of aromatic nitrogens is 1. The summed E-state index contributed by atoms with van der Waals surface area (Å²) in [7, 11) is 0. The molecule has 1 aliphatic rings. The van der Waals surface area contributed by atoms with E-state index in [9.17, 15) is 0 Å². The molecule has 1 aromatic rings. The maximum atomic E-state index is 8.95. The van der Waals surface area contributed by atoms with Crippen molar-refractivity contribution in [2.24, 2.45) is 0 Å². The molecule has 0 bridgehead atoms. The fourth-order valence-corrected chi connectivity index (χ4v) is 2.44. The van der Waals surface area contributed by atoms with Crippen LogP contribution in [0.1, 0.15) is 38.3 Å². The van der Waals surface area contributed by atoms with Gasteiger partial charge < -0.3 is 10.6 Å². The third-order valence-electron chi connectivity index (χ3n) is 3.41. The lowest BCUT2D eigenvalue weighted by Crippen LogP contribution is -2.39. The first-order chi connectivity index (χ1) is 8.26. The van der Waals surface area contributed by atoms with E-state index in [2.05, 4.69) is 16.8 Å². The van der Waals surface area contributed by atoms with Crippen LogP contribution in [0.2, 0.25) is 0 Å².